The minimum absolute atomic E-state index is 0.245. The summed E-state index contributed by atoms with van der Waals surface area (Å²) < 4.78 is 61.1. The molecule has 3 aliphatic rings. The van der Waals surface area contributed by atoms with Crippen molar-refractivity contribution in [2.45, 2.75) is 4.90 Å². The van der Waals surface area contributed by atoms with Crippen molar-refractivity contribution in [1.82, 2.24) is 4.31 Å². The molecule has 0 radical (unpaired) electrons. The molecular formula is C28H29F2N3O3S. The normalized spacial score (nSPS) is 23.6. The maximum absolute atomic E-state index is 14.7. The largest absolute Gasteiger partial charge is 0.385 e. The summed E-state index contributed by atoms with van der Waals surface area (Å²) in [6.45, 7) is 4.30. The standard InChI is InChI=1S/C28H29F2N3O3S/c29-21-5-1-19(2-6-21)20-3-8-23(9-4-20)37(34,35)33-17-25-24(26(25)18-33)16-31-22-7-10-28(27(30)15-22)32-11-13-36-14-12-32/h1-10,15,24-26,31H,11-14,16-18H2. The van der Waals surface area contributed by atoms with Crippen LogP contribution in [0.2, 0.25) is 0 Å². The van der Waals surface area contributed by atoms with Crippen molar-refractivity contribution in [3.05, 3.63) is 78.4 Å². The van der Waals surface area contributed by atoms with Gasteiger partial charge in [0.15, 0.2) is 0 Å². The molecule has 0 bridgehead atoms. The lowest BCUT2D eigenvalue weighted by molar-refractivity contribution is 0.122. The van der Waals surface area contributed by atoms with Gasteiger partial charge in [-0.05, 0) is 71.3 Å². The van der Waals surface area contributed by atoms with Crippen molar-refractivity contribution < 1.29 is 21.9 Å². The van der Waals surface area contributed by atoms with Crippen molar-refractivity contribution in [3.8, 4) is 11.1 Å². The van der Waals surface area contributed by atoms with Crippen LogP contribution in [-0.4, -0.2) is 58.7 Å². The smallest absolute Gasteiger partial charge is 0.243 e. The molecular weight excluding hydrogens is 496 g/mol. The molecule has 194 valence electrons. The third-order valence-electron chi connectivity index (χ3n) is 7.85. The second-order valence-electron chi connectivity index (χ2n) is 9.99. The van der Waals surface area contributed by atoms with Crippen molar-refractivity contribution in [2.75, 3.05) is 56.2 Å². The number of piperidine rings is 1. The molecule has 1 aliphatic carbocycles. The van der Waals surface area contributed by atoms with E-state index >= 15 is 0 Å². The summed E-state index contributed by atoms with van der Waals surface area (Å²) in [7, 11) is -3.57. The van der Waals surface area contributed by atoms with Crippen LogP contribution in [-0.2, 0) is 14.8 Å². The van der Waals surface area contributed by atoms with E-state index in [4.69, 9.17) is 4.74 Å². The Morgan fingerprint density at radius 3 is 2.11 bits per heavy atom. The Hall–Kier alpha value is -3.01. The number of sulfonamides is 1. The fourth-order valence-corrected chi connectivity index (χ4v) is 7.15. The lowest BCUT2D eigenvalue weighted by Gasteiger charge is -2.29. The maximum atomic E-state index is 14.7. The number of nitrogens with one attached hydrogen (secondary N) is 1. The van der Waals surface area contributed by atoms with Crippen LogP contribution in [0.5, 0.6) is 0 Å². The summed E-state index contributed by atoms with van der Waals surface area (Å²) in [6, 6.07) is 18.1. The van der Waals surface area contributed by atoms with Crippen molar-refractivity contribution in [3.63, 3.8) is 0 Å². The van der Waals surface area contributed by atoms with Crippen LogP contribution >= 0.6 is 0 Å². The van der Waals surface area contributed by atoms with Gasteiger partial charge in [0.1, 0.15) is 11.6 Å². The Morgan fingerprint density at radius 2 is 1.49 bits per heavy atom. The average Bonchev–Trinajstić information content (AvgIpc) is 3.35. The molecule has 9 heteroatoms. The average molecular weight is 526 g/mol. The molecule has 0 amide bonds. The van der Waals surface area contributed by atoms with Gasteiger partial charge in [-0.25, -0.2) is 17.2 Å². The van der Waals surface area contributed by atoms with Gasteiger partial charge in [-0.3, -0.25) is 0 Å². The first-order chi connectivity index (χ1) is 17.9. The summed E-state index contributed by atoms with van der Waals surface area (Å²) in [5.41, 5.74) is 3.01. The molecule has 1 saturated carbocycles. The second kappa shape index (κ2) is 9.70. The van der Waals surface area contributed by atoms with Crippen LogP contribution in [0.1, 0.15) is 0 Å². The topological polar surface area (TPSA) is 61.9 Å². The summed E-state index contributed by atoms with van der Waals surface area (Å²) >= 11 is 0. The molecule has 2 saturated heterocycles. The van der Waals surface area contributed by atoms with E-state index in [0.717, 1.165) is 16.8 Å². The van der Waals surface area contributed by atoms with Crippen LogP contribution in [0.4, 0.5) is 20.2 Å². The number of hydrogen-bond acceptors (Lipinski definition) is 5. The van der Waals surface area contributed by atoms with E-state index < -0.39 is 10.0 Å². The van der Waals surface area contributed by atoms with E-state index in [0.29, 0.717) is 69.4 Å². The van der Waals surface area contributed by atoms with Crippen LogP contribution in [0.3, 0.4) is 0 Å². The lowest BCUT2D eigenvalue weighted by Crippen LogP contribution is -2.36. The fraction of sp³-hybridized carbons (Fsp3) is 0.357. The first-order valence-corrected chi connectivity index (χ1v) is 14.1. The minimum Gasteiger partial charge on any atom is -0.385 e. The first-order valence-electron chi connectivity index (χ1n) is 12.6. The molecule has 3 aromatic carbocycles. The van der Waals surface area contributed by atoms with Gasteiger partial charge in [0.2, 0.25) is 10.0 Å². The van der Waals surface area contributed by atoms with Crippen molar-refractivity contribution in [2.24, 2.45) is 17.8 Å². The van der Waals surface area contributed by atoms with E-state index in [1.807, 2.05) is 17.0 Å². The van der Waals surface area contributed by atoms with Gasteiger partial charge in [-0.2, -0.15) is 4.31 Å². The van der Waals surface area contributed by atoms with E-state index in [1.165, 1.54) is 18.2 Å². The molecule has 37 heavy (non-hydrogen) atoms. The molecule has 6 rings (SSSR count). The van der Waals surface area contributed by atoms with Gasteiger partial charge in [-0.15, -0.1) is 0 Å². The third kappa shape index (κ3) is 4.83. The van der Waals surface area contributed by atoms with Crippen LogP contribution < -0.4 is 10.2 Å². The number of benzene rings is 3. The highest BCUT2D eigenvalue weighted by atomic mass is 32.2. The molecule has 0 aromatic heterocycles. The number of anilines is 2. The molecule has 1 N–H and O–H groups in total. The highest BCUT2D eigenvalue weighted by Crippen LogP contribution is 2.52. The molecule has 2 aliphatic heterocycles. The second-order valence-corrected chi connectivity index (χ2v) is 11.9. The van der Waals surface area contributed by atoms with Crippen molar-refractivity contribution in [1.29, 1.82) is 0 Å². The SMILES string of the molecule is O=S(=O)(c1ccc(-c2ccc(F)cc2)cc1)N1CC2C(CNc3ccc(N4CCOCC4)c(F)c3)C2C1. The predicted molar refractivity (Wildman–Crippen MR) is 139 cm³/mol. The van der Waals surface area contributed by atoms with Gasteiger partial charge >= 0.3 is 0 Å². The Bertz CT molecular complexity index is 1360. The lowest BCUT2D eigenvalue weighted by atomic mass is 10.1. The molecule has 2 heterocycles. The number of ether oxygens (including phenoxy) is 1. The zero-order valence-electron chi connectivity index (χ0n) is 20.3. The fourth-order valence-electron chi connectivity index (χ4n) is 5.63. The third-order valence-corrected chi connectivity index (χ3v) is 9.69. The van der Waals surface area contributed by atoms with Crippen molar-refractivity contribution >= 4 is 21.4 Å². The number of fused-ring (bicyclic) bond motifs is 1. The zero-order chi connectivity index (χ0) is 25.6. The molecule has 3 fully saturated rings. The number of rotatable bonds is 7. The van der Waals surface area contributed by atoms with Crippen LogP contribution in [0.25, 0.3) is 11.1 Å². The Balaban J connectivity index is 1.03. The molecule has 0 spiro atoms. The highest BCUT2D eigenvalue weighted by Gasteiger charge is 2.57. The highest BCUT2D eigenvalue weighted by molar-refractivity contribution is 7.89. The van der Waals surface area contributed by atoms with E-state index in [1.54, 1.807) is 40.7 Å². The molecule has 3 aromatic rings. The van der Waals surface area contributed by atoms with Crippen LogP contribution in [0.15, 0.2) is 71.6 Å². The van der Waals surface area contributed by atoms with Crippen LogP contribution in [0, 0.1) is 29.4 Å². The number of morpholine rings is 1. The minimum atomic E-state index is -3.57. The van der Waals surface area contributed by atoms with Gasteiger partial charge < -0.3 is 15.0 Å². The van der Waals surface area contributed by atoms with Gasteiger partial charge in [0.05, 0.1) is 23.8 Å². The molecule has 2 atom stereocenters. The first kappa shape index (κ1) is 24.3. The van der Waals surface area contributed by atoms with E-state index in [9.17, 15) is 17.2 Å². The Labute approximate surface area is 215 Å². The van der Waals surface area contributed by atoms with Gasteiger partial charge in [-0.1, -0.05) is 24.3 Å². The Kier molecular flexibility index (Phi) is 6.38. The molecule has 2 unspecified atom stereocenters. The summed E-state index contributed by atoms with van der Waals surface area (Å²) in [5, 5.41) is 3.34. The summed E-state index contributed by atoms with van der Waals surface area (Å²) in [6.07, 6.45) is 0. The number of nitrogens with zero attached hydrogens (tertiary/aromatic N) is 2. The predicted octanol–water partition coefficient (Wildman–Crippen LogP) is 4.45. The van der Waals surface area contributed by atoms with Gasteiger partial charge in [0, 0.05) is 38.4 Å². The monoisotopic (exact) mass is 525 g/mol. The quantitative estimate of drug-likeness (QED) is 0.494. The zero-order valence-corrected chi connectivity index (χ0v) is 21.1. The van der Waals surface area contributed by atoms with E-state index in [-0.39, 0.29) is 16.5 Å². The Morgan fingerprint density at radius 1 is 0.865 bits per heavy atom. The summed E-state index contributed by atoms with van der Waals surface area (Å²) in [5.74, 6) is 0.467. The maximum Gasteiger partial charge on any atom is 0.243 e. The number of halogens is 2. The van der Waals surface area contributed by atoms with E-state index in [2.05, 4.69) is 5.32 Å². The van der Waals surface area contributed by atoms with Gasteiger partial charge in [0.25, 0.3) is 0 Å². The molecule has 6 nitrogen and oxygen atoms in total. The summed E-state index contributed by atoms with van der Waals surface area (Å²) in [4.78, 5) is 2.27. The number of hydrogen-bond donors (Lipinski definition) is 1.